The number of nitrogens with two attached hydrogens (primary N) is 5. The number of carbonyl (C=O) groups excluding carboxylic acids is 2. The summed E-state index contributed by atoms with van der Waals surface area (Å²) in [5.41, 5.74) is 27.8. The Balaban J connectivity index is 0.683. The van der Waals surface area contributed by atoms with Crippen LogP contribution >= 0.6 is 42.5 Å². The van der Waals surface area contributed by atoms with Crippen molar-refractivity contribution in [2.75, 3.05) is 163 Å². The van der Waals surface area contributed by atoms with Crippen LogP contribution in [0.15, 0.2) is 58.5 Å². The van der Waals surface area contributed by atoms with Gasteiger partial charge < -0.3 is 157 Å². The van der Waals surface area contributed by atoms with E-state index in [4.69, 9.17) is 196 Å². The third kappa shape index (κ3) is 25.9. The summed E-state index contributed by atoms with van der Waals surface area (Å²) in [5, 5.41) is 13.1. The lowest BCUT2D eigenvalue weighted by Gasteiger charge is -2.30. The normalized spacial score (nSPS) is 29.5. The number of phosphoric acid groups is 2. The van der Waals surface area contributed by atoms with Crippen LogP contribution in [0.25, 0.3) is 44.7 Å². The first-order chi connectivity index (χ1) is 70.4. The monoisotopic (exact) mass is 2280 g/mol. The molecule has 16 rings (SSSR count). The number of aromatic amines is 2. The van der Waals surface area contributed by atoms with Gasteiger partial charge in [-0.25, -0.2) is 53.8 Å². The Bertz CT molecular complexity index is 6840. The van der Waals surface area contributed by atoms with Crippen LogP contribution in [0.3, 0.4) is 0 Å². The van der Waals surface area contributed by atoms with Crippen molar-refractivity contribution in [3.8, 4) is 0 Å². The van der Waals surface area contributed by atoms with Gasteiger partial charge in [-0.15, -0.1) is 0 Å². The van der Waals surface area contributed by atoms with Gasteiger partial charge in [-0.3, -0.25) is 84.4 Å². The van der Waals surface area contributed by atoms with Crippen LogP contribution in [-0.4, -0.2) is 383 Å². The van der Waals surface area contributed by atoms with E-state index in [-0.39, 0.29) is 139 Å². The summed E-state index contributed by atoms with van der Waals surface area (Å²) < 4.78 is 195. The quantitative estimate of drug-likeness (QED) is 0.00771. The molecule has 7 aliphatic rings. The standard InChI is InChI=1S/C73H103N25O40P6S4/c1-32-18-94(73(104)88-57(32)74)43-16-34(133-141(109,145)117-7)37(127-43)21-124-142(110,146)134-35-17-44(95-28-83-45-58(75)79-26-81-60(45)95)128-38(35)22-125-143(111,147)138-52-40(130-67(56(52)121-15-11-116-6)93-19-42(100)87-64(101)33(93)2)24-123-140(107,108)135-50-39(131-68(54(50)119-13-9-114-4)96-29-84-46-59(76)80-27-82-61(46)96)23-122-139(105,106)136-51-41(132-70(55(51)120-14-10-115-5)98-31-86-48-63(98)90-72(78)92-66(48)103)25-126-144(112,148)137-49-36(20-99)129-69(53(49)118-12-8-113-3)97-30-85-47-62(97)89-71(77)91-65(47)102/h18,26-31,34-41,43-44,49-56,67-70,99H,8-17,19-25H2,1-7H3,(H18-,74,75,76,77,78,79,80,81,82,87,88,89,90,91,92,100,101,102,103,104,105,106,107,108,109,110,111,112,145,146,147,148)/p+1. The minimum atomic E-state index is -5.91. The van der Waals surface area contributed by atoms with Crippen LogP contribution in [0.2, 0.25) is 0 Å². The molecule has 0 aromatic carbocycles. The zero-order valence-corrected chi connectivity index (χ0v) is 87.3. The molecule has 75 heteroatoms. The van der Waals surface area contributed by atoms with Gasteiger partial charge in [0.2, 0.25) is 24.2 Å². The fraction of sp³-hybridized carbons (Fsp3) is 0.630. The average Bonchev–Trinajstić information content (AvgIpc) is 1.58. The molecule has 0 aliphatic carbocycles. The first kappa shape index (κ1) is 113. The summed E-state index contributed by atoms with van der Waals surface area (Å²) in [5.74, 6) is -2.68. The molecule has 9 aromatic rings. The van der Waals surface area contributed by atoms with Gasteiger partial charge in [0.05, 0.1) is 130 Å². The maximum Gasteiger partial charge on any atom is 0.472 e. The van der Waals surface area contributed by atoms with Crippen molar-refractivity contribution in [2.45, 2.75) is 162 Å². The number of imide groups is 1. The summed E-state index contributed by atoms with van der Waals surface area (Å²) in [6.45, 7) is -23.6. The topological polar surface area (TPSA) is 844 Å². The number of imidazole rings is 4. The zero-order valence-electron chi connectivity index (χ0n) is 78.7. The summed E-state index contributed by atoms with van der Waals surface area (Å²) in [4.78, 5) is 190. The van der Waals surface area contributed by atoms with E-state index in [0.29, 0.717) is 5.56 Å². The Morgan fingerprint density at radius 1 is 0.426 bits per heavy atom. The second-order valence-corrected chi connectivity index (χ2v) is 47.4. The molecule has 6 fully saturated rings. The predicted octanol–water partition coefficient (Wildman–Crippen LogP) is -3.24. The van der Waals surface area contributed by atoms with Crippen molar-refractivity contribution in [1.82, 2.24) is 92.9 Å². The molecule has 7 aliphatic heterocycles. The summed E-state index contributed by atoms with van der Waals surface area (Å²) >= 11 is 22.3. The van der Waals surface area contributed by atoms with Crippen LogP contribution < -0.4 is 50.8 Å². The number of aliphatic hydroxyl groups is 1. The molecule has 814 valence electrons. The second-order valence-electron chi connectivity index (χ2n) is 33.3. The van der Waals surface area contributed by atoms with Crippen LogP contribution in [-0.2, 0) is 187 Å². The first-order valence-electron chi connectivity index (χ1n) is 44.3. The van der Waals surface area contributed by atoms with Gasteiger partial charge in [0, 0.05) is 67.1 Å². The number of phosphoric ester groups is 2. The van der Waals surface area contributed by atoms with Crippen LogP contribution in [0.5, 0.6) is 0 Å². The lowest BCUT2D eigenvalue weighted by atomic mass is 10.1. The molecule has 0 spiro atoms. The highest BCUT2D eigenvalue weighted by Crippen LogP contribution is 2.59. The summed E-state index contributed by atoms with van der Waals surface area (Å²) in [6.07, 6.45) is -27.0. The number of methoxy groups -OCH3 is 4. The Hall–Kier alpha value is -7.77. The molecule has 2 amide bonds. The molecule has 6 saturated heterocycles. The number of aliphatic hydroxyl groups excluding tert-OH is 1. The van der Waals surface area contributed by atoms with Crippen molar-refractivity contribution in [2.24, 2.45) is 0 Å². The zero-order chi connectivity index (χ0) is 106. The van der Waals surface area contributed by atoms with Gasteiger partial charge in [0.15, 0.2) is 70.0 Å². The lowest BCUT2D eigenvalue weighted by molar-refractivity contribution is -0.610. The highest BCUT2D eigenvalue weighted by Gasteiger charge is 2.60. The number of carbonyl (C=O) groups is 2. The van der Waals surface area contributed by atoms with Gasteiger partial charge in [-0.1, -0.05) is 0 Å². The number of aromatic nitrogens is 18. The molecule has 65 nitrogen and oxygen atoms in total. The maximum absolute atomic E-state index is 15.5. The smallest absolute Gasteiger partial charge is 0.394 e. The number of nitrogens with zero attached hydrogens (tertiary/aromatic N) is 17. The molecule has 28 unspecified atom stereocenters. The Labute approximate surface area is 853 Å². The highest BCUT2D eigenvalue weighted by molar-refractivity contribution is 8.08. The second kappa shape index (κ2) is 47.7. The van der Waals surface area contributed by atoms with E-state index in [0.717, 1.165) is 39.8 Å². The number of H-pyrrole nitrogens is 2. The minimum Gasteiger partial charge on any atom is -0.394 e. The number of ether oxygens (including phenoxy) is 14. The van der Waals surface area contributed by atoms with Crippen LogP contribution in [0, 0.1) is 6.92 Å². The van der Waals surface area contributed by atoms with Gasteiger partial charge in [-0.05, 0) is 54.2 Å². The number of amides is 2. The number of rotatable bonds is 51. The SMILES string of the molecule is COCCOC1C(OP(=O)(O)OCC2OC([N+]3=C(C)C(=O)NC(=O)C3)C(OCCOC)C2OP(O)(=S)OCC2OC(n3cnc4c(N)ncnc43)CC2OP(O)(=S)OCC2OC(n3cc(C)c(N)nc3=O)CC2OP(O)(=S)OC)C(COP(=O)(O)OC2C(COP(O)(=S)OC3C(CO)OC(n4cnc5c(=O)[nH]c(N)nc54)C3OCCOC)OC(n3cnc4c(=O)[nH]c(N)nc43)C2OCCOC)OC1n1cnc2c(N)ncnc21. The number of hydrogen-bond donors (Lipinski definition) is 15. The average molecular weight is 2290 g/mol. The van der Waals surface area contributed by atoms with Gasteiger partial charge >= 0.3 is 54.1 Å². The molecule has 16 heterocycles. The fourth-order valence-corrected chi connectivity index (χ4v) is 24.2. The number of fused-ring (bicyclic) bond motifs is 4. The predicted molar refractivity (Wildman–Crippen MR) is 514 cm³/mol. The minimum absolute atomic E-state index is 0.00715. The molecular formula is C73H104N25O40P6S4+. The van der Waals surface area contributed by atoms with Crippen molar-refractivity contribution in [1.29, 1.82) is 0 Å². The molecule has 0 saturated carbocycles. The third-order valence-electron chi connectivity index (χ3n) is 23.8. The fourth-order valence-electron chi connectivity index (χ4n) is 17.0. The van der Waals surface area contributed by atoms with E-state index in [1.807, 2.05) is 0 Å². The third-order valence-corrected chi connectivity index (χ3v) is 32.2. The number of aryl methyl sites for hydroxylation is 1. The molecule has 9 aromatic heterocycles. The van der Waals surface area contributed by atoms with Crippen molar-refractivity contribution < 1.29 is 178 Å². The Morgan fingerprint density at radius 3 is 1.27 bits per heavy atom. The van der Waals surface area contributed by atoms with Crippen LogP contribution in [0.4, 0.5) is 29.4 Å². The lowest BCUT2D eigenvalue weighted by Crippen LogP contribution is -2.54. The molecule has 0 radical (unpaired) electrons. The largest absolute Gasteiger partial charge is 0.472 e. The molecule has 20 N–H and O–H groups in total. The Kier molecular flexibility index (Phi) is 36.3. The van der Waals surface area contributed by atoms with Crippen molar-refractivity contribution in [3.05, 3.63) is 80.9 Å². The Morgan fingerprint density at radius 2 is 0.811 bits per heavy atom. The molecular weight excluding hydrogens is 2180 g/mol. The van der Waals surface area contributed by atoms with Gasteiger partial charge in [0.25, 0.3) is 23.3 Å². The molecule has 148 heavy (non-hydrogen) atoms. The van der Waals surface area contributed by atoms with E-state index < -0.39 is 258 Å². The molecule has 0 bridgehead atoms. The van der Waals surface area contributed by atoms with Crippen LogP contribution in [0.1, 0.15) is 56.5 Å². The van der Waals surface area contributed by atoms with Gasteiger partial charge in [-0.2, -0.15) is 19.5 Å². The molecule has 28 atom stereocenters. The number of nitrogen functional groups attached to an aromatic ring is 5. The highest BCUT2D eigenvalue weighted by atomic mass is 32.5. The van der Waals surface area contributed by atoms with E-state index in [9.17, 15) is 58.4 Å². The first-order valence-corrected chi connectivity index (χ1v) is 57.7. The summed E-state index contributed by atoms with van der Waals surface area (Å²) in [6, 6.07) is 0. The van der Waals surface area contributed by atoms with E-state index >= 15 is 9.13 Å². The summed E-state index contributed by atoms with van der Waals surface area (Å²) in [7, 11) is -5.34. The maximum atomic E-state index is 15.5. The van der Waals surface area contributed by atoms with Crippen molar-refractivity contribution in [3.63, 3.8) is 0 Å². The number of hydrogen-bond acceptors (Lipinski definition) is 54. The number of nitrogens with one attached hydrogen (secondary N) is 3. The van der Waals surface area contributed by atoms with E-state index in [1.165, 1.54) is 74.2 Å². The van der Waals surface area contributed by atoms with E-state index in [2.05, 4.69) is 70.1 Å². The van der Waals surface area contributed by atoms with Crippen molar-refractivity contribution >= 4 is 181 Å². The van der Waals surface area contributed by atoms with E-state index in [1.54, 1.807) is 6.92 Å². The van der Waals surface area contributed by atoms with Gasteiger partial charge in [0.1, 0.15) is 121 Å². The number of anilines is 5.